The van der Waals surface area contributed by atoms with E-state index in [1.54, 1.807) is 11.3 Å². The minimum Gasteiger partial charge on any atom is -0.457 e. The van der Waals surface area contributed by atoms with E-state index < -0.39 is 0 Å². The lowest BCUT2D eigenvalue weighted by molar-refractivity contribution is -0.141. The molecule has 0 radical (unpaired) electrons. The standard InChI is InChI=1S/C24H25NO3S/c1-15-20(23(27)28-14-16-8-5-4-6-9-16)22(19-10-7-11-29-19)21-17(25-15)12-24(2,3)13-18(21)26/h4-12,21-22,25H,13-14H2,1-3H3. The Balaban J connectivity index is 1.71. The molecule has 0 saturated carbocycles. The van der Waals surface area contributed by atoms with Crippen LogP contribution in [0.3, 0.4) is 0 Å². The predicted molar refractivity (Wildman–Crippen MR) is 114 cm³/mol. The Hall–Kier alpha value is -2.66. The van der Waals surface area contributed by atoms with Crippen LogP contribution >= 0.6 is 11.3 Å². The molecule has 2 unspecified atom stereocenters. The van der Waals surface area contributed by atoms with E-state index >= 15 is 0 Å². The number of ether oxygens (including phenoxy) is 1. The quantitative estimate of drug-likeness (QED) is 0.729. The number of ketones is 1. The Kier molecular flexibility index (Phi) is 5.17. The second kappa shape index (κ2) is 7.64. The second-order valence-corrected chi connectivity index (χ2v) is 9.41. The zero-order valence-corrected chi connectivity index (χ0v) is 17.7. The zero-order chi connectivity index (χ0) is 20.6. The fourth-order valence-electron chi connectivity index (χ4n) is 4.31. The molecule has 0 saturated heterocycles. The van der Waals surface area contributed by atoms with Crippen molar-refractivity contribution in [2.75, 3.05) is 0 Å². The summed E-state index contributed by atoms with van der Waals surface area (Å²) in [5, 5.41) is 5.34. The summed E-state index contributed by atoms with van der Waals surface area (Å²) in [6.45, 7) is 6.24. The first-order valence-corrected chi connectivity index (χ1v) is 10.7. The molecule has 29 heavy (non-hydrogen) atoms. The van der Waals surface area contributed by atoms with Crippen molar-refractivity contribution < 1.29 is 14.3 Å². The highest BCUT2D eigenvalue weighted by molar-refractivity contribution is 7.10. The van der Waals surface area contributed by atoms with Crippen molar-refractivity contribution in [3.8, 4) is 0 Å². The normalized spacial score (nSPS) is 23.1. The molecule has 4 rings (SSSR count). The Morgan fingerprint density at radius 3 is 2.62 bits per heavy atom. The molecule has 1 aromatic carbocycles. The highest BCUT2D eigenvalue weighted by Gasteiger charge is 2.46. The minimum atomic E-state index is -0.371. The van der Waals surface area contributed by atoms with Gasteiger partial charge >= 0.3 is 5.97 Å². The van der Waals surface area contributed by atoms with Crippen molar-refractivity contribution in [1.29, 1.82) is 0 Å². The van der Waals surface area contributed by atoms with E-state index in [1.807, 2.05) is 54.8 Å². The maximum absolute atomic E-state index is 13.2. The van der Waals surface area contributed by atoms with Crippen LogP contribution in [0.1, 0.15) is 43.6 Å². The fourth-order valence-corrected chi connectivity index (χ4v) is 5.18. The predicted octanol–water partition coefficient (Wildman–Crippen LogP) is 4.95. The maximum atomic E-state index is 13.2. The number of carbonyl (C=O) groups is 2. The van der Waals surface area contributed by atoms with E-state index in [1.165, 1.54) is 0 Å². The molecule has 2 aliphatic rings. The van der Waals surface area contributed by atoms with Gasteiger partial charge in [-0.1, -0.05) is 56.3 Å². The number of allylic oxidation sites excluding steroid dienone is 3. The van der Waals surface area contributed by atoms with Crippen molar-refractivity contribution in [3.63, 3.8) is 0 Å². The SMILES string of the molecule is CC1=C(C(=O)OCc2ccccc2)C(c2cccs2)C2C(=O)CC(C)(C)C=C2N1. The number of carbonyl (C=O) groups excluding carboxylic acids is 2. The monoisotopic (exact) mass is 407 g/mol. The highest BCUT2D eigenvalue weighted by Crippen LogP contribution is 2.47. The Morgan fingerprint density at radius 2 is 1.93 bits per heavy atom. The van der Waals surface area contributed by atoms with E-state index in [0.717, 1.165) is 21.8 Å². The number of hydrogen-bond donors (Lipinski definition) is 1. The average molecular weight is 408 g/mol. The summed E-state index contributed by atoms with van der Waals surface area (Å²) >= 11 is 1.58. The number of nitrogens with one attached hydrogen (secondary N) is 1. The third kappa shape index (κ3) is 3.92. The van der Waals surface area contributed by atoms with Gasteiger partial charge in [-0.2, -0.15) is 0 Å². The molecule has 2 atom stereocenters. The second-order valence-electron chi connectivity index (χ2n) is 8.43. The number of rotatable bonds is 4. The van der Waals surface area contributed by atoms with E-state index in [4.69, 9.17) is 4.74 Å². The Morgan fingerprint density at radius 1 is 1.17 bits per heavy atom. The van der Waals surface area contributed by atoms with Crippen LogP contribution in [0, 0.1) is 11.3 Å². The summed E-state index contributed by atoms with van der Waals surface area (Å²) in [5.74, 6) is -0.882. The van der Waals surface area contributed by atoms with Crippen LogP contribution < -0.4 is 5.32 Å². The summed E-state index contributed by atoms with van der Waals surface area (Å²) in [7, 11) is 0. The maximum Gasteiger partial charge on any atom is 0.336 e. The molecule has 1 aromatic heterocycles. The van der Waals surface area contributed by atoms with Gasteiger partial charge in [-0.15, -0.1) is 11.3 Å². The highest BCUT2D eigenvalue weighted by atomic mass is 32.1. The van der Waals surface area contributed by atoms with E-state index in [0.29, 0.717) is 12.0 Å². The van der Waals surface area contributed by atoms with Crippen LogP contribution in [0.15, 0.2) is 70.9 Å². The van der Waals surface area contributed by atoms with E-state index in [-0.39, 0.29) is 35.6 Å². The molecule has 0 amide bonds. The van der Waals surface area contributed by atoms with Gasteiger partial charge in [0.05, 0.1) is 11.5 Å². The van der Waals surface area contributed by atoms with Gasteiger partial charge in [0.2, 0.25) is 0 Å². The molecule has 150 valence electrons. The summed E-state index contributed by atoms with van der Waals surface area (Å²) in [6.07, 6.45) is 2.62. The van der Waals surface area contributed by atoms with Crippen molar-refractivity contribution in [1.82, 2.24) is 5.32 Å². The molecule has 1 aliphatic heterocycles. The molecular formula is C24H25NO3S. The van der Waals surface area contributed by atoms with Gasteiger partial charge < -0.3 is 10.1 Å². The Labute approximate surface area is 175 Å². The smallest absolute Gasteiger partial charge is 0.336 e. The van der Waals surface area contributed by atoms with Crippen LogP contribution in [-0.2, 0) is 20.9 Å². The van der Waals surface area contributed by atoms with Crippen LogP contribution in [0.25, 0.3) is 0 Å². The number of esters is 1. The summed E-state index contributed by atoms with van der Waals surface area (Å²) in [6, 6.07) is 13.6. The zero-order valence-electron chi connectivity index (χ0n) is 16.9. The largest absolute Gasteiger partial charge is 0.457 e. The number of hydrogen-bond acceptors (Lipinski definition) is 5. The number of benzene rings is 1. The van der Waals surface area contributed by atoms with E-state index in [2.05, 4.69) is 25.2 Å². The van der Waals surface area contributed by atoms with Crippen LogP contribution in [0.5, 0.6) is 0 Å². The lowest BCUT2D eigenvalue weighted by atomic mass is 9.68. The summed E-state index contributed by atoms with van der Waals surface area (Å²) in [4.78, 5) is 27.3. The lowest BCUT2D eigenvalue weighted by Gasteiger charge is -2.40. The van der Waals surface area contributed by atoms with Gasteiger partial charge in [0, 0.05) is 28.6 Å². The molecule has 5 heteroatoms. The topological polar surface area (TPSA) is 55.4 Å². The van der Waals surface area contributed by atoms with Gasteiger partial charge in [-0.3, -0.25) is 4.79 Å². The Bertz CT molecular complexity index is 986. The van der Waals surface area contributed by atoms with Crippen LogP contribution in [0.2, 0.25) is 0 Å². The van der Waals surface area contributed by atoms with Crippen molar-refractivity contribution in [3.05, 3.63) is 81.3 Å². The molecular weight excluding hydrogens is 382 g/mol. The van der Waals surface area contributed by atoms with Gasteiger partial charge in [0.25, 0.3) is 0 Å². The minimum absolute atomic E-state index is 0.166. The first kappa shape index (κ1) is 19.6. The molecule has 2 aromatic rings. The van der Waals surface area contributed by atoms with Gasteiger partial charge in [0.1, 0.15) is 12.4 Å². The van der Waals surface area contributed by atoms with Crippen molar-refractivity contribution >= 4 is 23.1 Å². The summed E-state index contributed by atoms with van der Waals surface area (Å²) in [5.41, 5.74) is 2.96. The molecule has 0 fully saturated rings. The molecule has 2 heterocycles. The van der Waals surface area contributed by atoms with Gasteiger partial charge in [-0.25, -0.2) is 4.79 Å². The third-order valence-corrected chi connectivity index (χ3v) is 6.48. The van der Waals surface area contributed by atoms with Crippen molar-refractivity contribution in [2.45, 2.75) is 39.7 Å². The number of fused-ring (bicyclic) bond motifs is 1. The first-order valence-electron chi connectivity index (χ1n) is 9.83. The molecule has 0 bridgehead atoms. The third-order valence-electron chi connectivity index (χ3n) is 5.52. The molecule has 1 aliphatic carbocycles. The first-order chi connectivity index (χ1) is 13.9. The number of thiophene rings is 1. The van der Waals surface area contributed by atoms with Crippen LogP contribution in [-0.4, -0.2) is 11.8 Å². The van der Waals surface area contributed by atoms with Gasteiger partial charge in [0.15, 0.2) is 0 Å². The average Bonchev–Trinajstić information content (AvgIpc) is 3.19. The van der Waals surface area contributed by atoms with Crippen LogP contribution in [0.4, 0.5) is 0 Å². The lowest BCUT2D eigenvalue weighted by Crippen LogP contribution is -2.43. The van der Waals surface area contributed by atoms with Gasteiger partial charge in [-0.05, 0) is 29.3 Å². The van der Waals surface area contributed by atoms with E-state index in [9.17, 15) is 9.59 Å². The fraction of sp³-hybridized carbons (Fsp3) is 0.333. The molecule has 1 N–H and O–H groups in total. The molecule has 0 spiro atoms. The number of Topliss-reactive ketones (excluding diaryl/α,β-unsaturated/α-hetero) is 1. The molecule has 4 nitrogen and oxygen atoms in total. The van der Waals surface area contributed by atoms with Crippen molar-refractivity contribution in [2.24, 2.45) is 11.3 Å². The summed E-state index contributed by atoms with van der Waals surface area (Å²) < 4.78 is 5.66.